The van der Waals surface area contributed by atoms with Gasteiger partial charge in [-0.1, -0.05) is 23.2 Å². The highest BCUT2D eigenvalue weighted by molar-refractivity contribution is 7.92. The molecule has 0 aliphatic carbocycles. The number of halogens is 2. The molecule has 0 saturated heterocycles. The molecule has 0 bridgehead atoms. The Balaban J connectivity index is 2.44. The number of benzene rings is 1. The summed E-state index contributed by atoms with van der Waals surface area (Å²) < 4.78 is 28.0. The molecule has 1 heterocycles. The average Bonchev–Trinajstić information content (AvgIpc) is 2.73. The maximum atomic E-state index is 12.2. The molecule has 9 heteroatoms. The number of hydrogen-bond acceptors (Lipinski definition) is 4. The van der Waals surface area contributed by atoms with Gasteiger partial charge in [0.15, 0.2) is 0 Å². The van der Waals surface area contributed by atoms with Crippen molar-refractivity contribution in [2.45, 2.75) is 5.03 Å². The largest absolute Gasteiger partial charge is 0.324 e. The number of anilines is 1. The van der Waals surface area contributed by atoms with E-state index in [2.05, 4.69) is 9.71 Å². The summed E-state index contributed by atoms with van der Waals surface area (Å²) in [5.41, 5.74) is 0.367. The smallest absolute Gasteiger partial charge is 0.282 e. The predicted molar refractivity (Wildman–Crippen MR) is 75.2 cm³/mol. The molecule has 20 heavy (non-hydrogen) atoms. The van der Waals surface area contributed by atoms with E-state index in [1.54, 1.807) is 7.05 Å². The van der Waals surface area contributed by atoms with Crippen molar-refractivity contribution < 1.29 is 8.42 Å². The number of sulfonamides is 1. The maximum absolute atomic E-state index is 12.2. The van der Waals surface area contributed by atoms with E-state index in [0.717, 1.165) is 0 Å². The van der Waals surface area contributed by atoms with Crippen LogP contribution in [0.3, 0.4) is 0 Å². The number of rotatable bonds is 3. The first-order valence-corrected chi connectivity index (χ1v) is 7.48. The van der Waals surface area contributed by atoms with Gasteiger partial charge in [-0.2, -0.15) is 13.7 Å². The number of nitrogens with zero attached hydrogens (tertiary/aromatic N) is 3. The molecule has 1 aromatic heterocycles. The number of hydrogen-bond donors (Lipinski definition) is 1. The third-order valence-electron chi connectivity index (χ3n) is 2.43. The van der Waals surface area contributed by atoms with E-state index in [9.17, 15) is 8.42 Å². The van der Waals surface area contributed by atoms with E-state index in [0.29, 0.717) is 0 Å². The molecule has 1 N–H and O–H groups in total. The zero-order chi connectivity index (χ0) is 14.9. The monoisotopic (exact) mass is 330 g/mol. The van der Waals surface area contributed by atoms with Gasteiger partial charge < -0.3 is 4.57 Å². The Bertz CT molecular complexity index is 808. The lowest BCUT2D eigenvalue weighted by Crippen LogP contribution is -2.14. The normalized spacial score (nSPS) is 11.1. The van der Waals surface area contributed by atoms with Crippen LogP contribution in [0.15, 0.2) is 29.6 Å². The van der Waals surface area contributed by atoms with Gasteiger partial charge in [-0.15, -0.1) is 0 Å². The molecular weight excluding hydrogens is 323 g/mol. The molecule has 0 fully saturated rings. The van der Waals surface area contributed by atoms with E-state index in [1.807, 2.05) is 6.07 Å². The highest BCUT2D eigenvalue weighted by Crippen LogP contribution is 2.27. The van der Waals surface area contributed by atoms with Gasteiger partial charge in [-0.05, 0) is 18.2 Å². The highest BCUT2D eigenvalue weighted by Gasteiger charge is 2.23. The first kappa shape index (κ1) is 14.7. The third kappa shape index (κ3) is 2.72. The molecule has 0 spiro atoms. The van der Waals surface area contributed by atoms with Crippen LogP contribution < -0.4 is 4.72 Å². The molecule has 0 amide bonds. The summed E-state index contributed by atoms with van der Waals surface area (Å²) in [7, 11) is -2.41. The Morgan fingerprint density at radius 1 is 1.40 bits per heavy atom. The lowest BCUT2D eigenvalue weighted by Gasteiger charge is -2.08. The Morgan fingerprint density at radius 3 is 2.65 bits per heavy atom. The zero-order valence-corrected chi connectivity index (χ0v) is 12.5. The Labute approximate surface area is 125 Å². The second-order valence-corrected chi connectivity index (χ2v) is 6.23. The van der Waals surface area contributed by atoms with Gasteiger partial charge >= 0.3 is 0 Å². The fourth-order valence-corrected chi connectivity index (χ4v) is 3.16. The van der Waals surface area contributed by atoms with Gasteiger partial charge in [0.05, 0.1) is 28.7 Å². The van der Waals surface area contributed by atoms with Crippen LogP contribution in [0.25, 0.3) is 0 Å². The summed E-state index contributed by atoms with van der Waals surface area (Å²) >= 11 is 11.8. The van der Waals surface area contributed by atoms with Crippen molar-refractivity contribution >= 4 is 38.9 Å². The van der Waals surface area contributed by atoms with Crippen LogP contribution in [0, 0.1) is 11.3 Å². The lowest BCUT2D eigenvalue weighted by atomic mass is 10.2. The van der Waals surface area contributed by atoms with Crippen molar-refractivity contribution in [2.24, 2.45) is 7.05 Å². The maximum Gasteiger partial charge on any atom is 0.282 e. The minimum Gasteiger partial charge on any atom is -0.324 e. The van der Waals surface area contributed by atoms with Crippen LogP contribution in [0.1, 0.15) is 5.56 Å². The molecule has 2 rings (SSSR count). The summed E-state index contributed by atoms with van der Waals surface area (Å²) in [6, 6.07) is 6.14. The molecule has 0 atom stereocenters. The van der Waals surface area contributed by atoms with Crippen LogP contribution in [-0.4, -0.2) is 18.0 Å². The van der Waals surface area contributed by atoms with E-state index in [1.165, 1.54) is 29.1 Å². The molecule has 0 saturated carbocycles. The van der Waals surface area contributed by atoms with E-state index in [-0.39, 0.29) is 26.5 Å². The molecular formula is C11H8Cl2N4O2S. The van der Waals surface area contributed by atoms with Crippen LogP contribution >= 0.6 is 23.2 Å². The summed E-state index contributed by atoms with van der Waals surface area (Å²) in [5, 5.41) is 8.65. The SMILES string of the molecule is Cn1cnc(S(=O)(=O)Nc2cc(C#N)ccc2Cl)c1Cl. The van der Waals surface area contributed by atoms with Gasteiger partial charge in [0, 0.05) is 7.05 Å². The van der Waals surface area contributed by atoms with Crippen LogP contribution in [0.4, 0.5) is 5.69 Å². The molecule has 0 aliphatic rings. The van der Waals surface area contributed by atoms with Crippen molar-refractivity contribution in [3.05, 3.63) is 40.3 Å². The predicted octanol–water partition coefficient (Wildman–Crippen LogP) is 2.40. The standard InChI is InChI=1S/C11H8Cl2N4O2S/c1-17-6-15-11(10(17)13)20(18,19)16-9-4-7(5-14)2-3-8(9)12/h2-4,6,16H,1H3. The van der Waals surface area contributed by atoms with Crippen molar-refractivity contribution in [3.63, 3.8) is 0 Å². The second kappa shape index (κ2) is 5.32. The lowest BCUT2D eigenvalue weighted by molar-refractivity contribution is 0.598. The van der Waals surface area contributed by atoms with Gasteiger partial charge in [-0.3, -0.25) is 4.72 Å². The minimum absolute atomic E-state index is 0.0231. The number of nitriles is 1. The topological polar surface area (TPSA) is 87.8 Å². The van der Waals surface area contributed by atoms with Crippen LogP contribution in [0.2, 0.25) is 10.2 Å². The van der Waals surface area contributed by atoms with Gasteiger partial charge in [0.1, 0.15) is 5.15 Å². The fourth-order valence-electron chi connectivity index (χ4n) is 1.44. The van der Waals surface area contributed by atoms with Crippen LogP contribution in [0.5, 0.6) is 0 Å². The third-order valence-corrected chi connectivity index (χ3v) is 4.61. The quantitative estimate of drug-likeness (QED) is 0.935. The molecule has 0 radical (unpaired) electrons. The zero-order valence-electron chi connectivity index (χ0n) is 10.1. The van der Waals surface area contributed by atoms with Gasteiger partial charge in [0.2, 0.25) is 5.03 Å². The number of aryl methyl sites for hydroxylation is 1. The minimum atomic E-state index is -3.98. The Morgan fingerprint density at radius 2 is 2.10 bits per heavy atom. The molecule has 6 nitrogen and oxygen atoms in total. The molecule has 104 valence electrons. The summed E-state index contributed by atoms with van der Waals surface area (Å²) in [4.78, 5) is 3.73. The Kier molecular flexibility index (Phi) is 3.90. The Hall–Kier alpha value is -1.75. The van der Waals surface area contributed by atoms with E-state index in [4.69, 9.17) is 28.5 Å². The van der Waals surface area contributed by atoms with E-state index >= 15 is 0 Å². The van der Waals surface area contributed by atoms with Crippen molar-refractivity contribution in [3.8, 4) is 6.07 Å². The first-order valence-electron chi connectivity index (χ1n) is 5.24. The molecule has 0 aliphatic heterocycles. The number of nitrogens with one attached hydrogen (secondary N) is 1. The van der Waals surface area contributed by atoms with Crippen molar-refractivity contribution in [1.82, 2.24) is 9.55 Å². The first-order chi connectivity index (χ1) is 9.35. The van der Waals surface area contributed by atoms with Crippen molar-refractivity contribution in [2.75, 3.05) is 4.72 Å². The summed E-state index contributed by atoms with van der Waals surface area (Å²) in [6.45, 7) is 0. The van der Waals surface area contributed by atoms with Gasteiger partial charge in [-0.25, -0.2) is 4.98 Å². The summed E-state index contributed by atoms with van der Waals surface area (Å²) in [5.74, 6) is 0. The molecule has 2 aromatic rings. The van der Waals surface area contributed by atoms with E-state index < -0.39 is 10.0 Å². The summed E-state index contributed by atoms with van der Waals surface area (Å²) in [6.07, 6.45) is 1.28. The average molecular weight is 331 g/mol. The molecule has 0 unspecified atom stereocenters. The number of aromatic nitrogens is 2. The molecule has 1 aromatic carbocycles. The highest BCUT2D eigenvalue weighted by atomic mass is 35.5. The number of imidazole rings is 1. The fraction of sp³-hybridized carbons (Fsp3) is 0.0909. The van der Waals surface area contributed by atoms with Crippen molar-refractivity contribution in [1.29, 1.82) is 5.26 Å². The van der Waals surface area contributed by atoms with Crippen LogP contribution in [-0.2, 0) is 17.1 Å². The van der Waals surface area contributed by atoms with Gasteiger partial charge in [0.25, 0.3) is 10.0 Å². The second-order valence-electron chi connectivity index (χ2n) is 3.86.